The fraction of sp³-hybridized carbons (Fsp3) is 0.500. The number of carboxylic acid groups (broad SMARTS) is 1. The highest BCUT2D eigenvalue weighted by molar-refractivity contribution is 8.04. The molecule has 2 amide bonds. The van der Waals surface area contributed by atoms with Gasteiger partial charge >= 0.3 is 5.97 Å². The molecule has 0 bridgehead atoms. The van der Waals surface area contributed by atoms with E-state index in [1.807, 2.05) is 0 Å². The quantitative estimate of drug-likeness (QED) is 0.556. The van der Waals surface area contributed by atoms with Crippen LogP contribution in [-0.4, -0.2) is 46.3 Å². The fourth-order valence-corrected chi connectivity index (χ4v) is 3.29. The average Bonchev–Trinajstić information content (AvgIpc) is 2.61. The summed E-state index contributed by atoms with van der Waals surface area (Å²) in [7, 11) is 0. The molecular formula is C10H13N3O4S. The van der Waals surface area contributed by atoms with Gasteiger partial charge in [0.1, 0.15) is 5.70 Å². The predicted molar refractivity (Wildman–Crippen MR) is 64.2 cm³/mol. The Hall–Kier alpha value is -1.54. The van der Waals surface area contributed by atoms with Crippen molar-refractivity contribution >= 4 is 29.5 Å². The van der Waals surface area contributed by atoms with Gasteiger partial charge in [-0.15, -0.1) is 11.8 Å². The SMILES string of the molecule is NCC(=O)NCCC1=C(C(=O)O)N2C(=O)C[C@H]2S1. The Balaban J connectivity index is 2.00. The number of β-lactam (4-membered cyclic amide) rings is 1. The van der Waals surface area contributed by atoms with Crippen LogP contribution in [-0.2, 0) is 14.4 Å². The Bertz CT molecular complexity index is 448. The number of carboxylic acids is 1. The van der Waals surface area contributed by atoms with E-state index in [4.69, 9.17) is 10.8 Å². The second-order valence-electron chi connectivity index (χ2n) is 3.92. The van der Waals surface area contributed by atoms with E-state index < -0.39 is 5.97 Å². The lowest BCUT2D eigenvalue weighted by Gasteiger charge is -2.33. The Kier molecular flexibility index (Phi) is 3.58. The van der Waals surface area contributed by atoms with Crippen LogP contribution in [0.25, 0.3) is 0 Å². The first kappa shape index (κ1) is 12.9. The summed E-state index contributed by atoms with van der Waals surface area (Å²) in [5.41, 5.74) is 5.20. The number of aliphatic carboxylic acids is 1. The van der Waals surface area contributed by atoms with Crippen LogP contribution in [0.15, 0.2) is 10.6 Å². The highest BCUT2D eigenvalue weighted by atomic mass is 32.2. The summed E-state index contributed by atoms with van der Waals surface area (Å²) < 4.78 is 0. The minimum atomic E-state index is -1.10. The molecule has 0 aromatic rings. The molecule has 2 heterocycles. The van der Waals surface area contributed by atoms with Crippen LogP contribution in [0.5, 0.6) is 0 Å². The summed E-state index contributed by atoms with van der Waals surface area (Å²) >= 11 is 1.38. The molecule has 0 aromatic carbocycles. The lowest BCUT2D eigenvalue weighted by Crippen LogP contribution is -2.48. The summed E-state index contributed by atoms with van der Waals surface area (Å²) in [4.78, 5) is 35.4. The average molecular weight is 271 g/mol. The molecule has 0 aromatic heterocycles. The van der Waals surface area contributed by atoms with E-state index in [0.717, 1.165) is 0 Å². The number of rotatable bonds is 5. The number of amides is 2. The Morgan fingerprint density at radius 2 is 2.28 bits per heavy atom. The van der Waals surface area contributed by atoms with E-state index in [1.54, 1.807) is 0 Å². The molecule has 0 saturated carbocycles. The number of fused-ring (bicyclic) bond motifs is 1. The smallest absolute Gasteiger partial charge is 0.353 e. The van der Waals surface area contributed by atoms with Gasteiger partial charge in [0.2, 0.25) is 11.8 Å². The first-order valence-corrected chi connectivity index (χ1v) is 6.34. The normalized spacial score (nSPS) is 21.7. The van der Waals surface area contributed by atoms with Gasteiger partial charge in [0, 0.05) is 11.4 Å². The molecule has 2 aliphatic heterocycles. The van der Waals surface area contributed by atoms with E-state index >= 15 is 0 Å². The number of nitrogens with one attached hydrogen (secondary N) is 1. The van der Waals surface area contributed by atoms with Gasteiger partial charge < -0.3 is 16.2 Å². The maximum absolute atomic E-state index is 11.3. The monoisotopic (exact) mass is 271 g/mol. The van der Waals surface area contributed by atoms with Crippen molar-refractivity contribution < 1.29 is 19.5 Å². The molecule has 4 N–H and O–H groups in total. The molecule has 1 fully saturated rings. The van der Waals surface area contributed by atoms with E-state index in [0.29, 0.717) is 24.3 Å². The molecular weight excluding hydrogens is 258 g/mol. The standard InChI is InChI=1S/C10H13N3O4S/c11-4-6(14)12-2-1-5-9(10(16)17)13-7(15)3-8(13)18-5/h8H,1-4,11H2,(H,12,14)(H,16,17)/t8-/m1/s1. The predicted octanol–water partition coefficient (Wildman–Crippen LogP) is -0.947. The van der Waals surface area contributed by atoms with Crippen molar-refractivity contribution in [2.24, 2.45) is 5.73 Å². The summed E-state index contributed by atoms with van der Waals surface area (Å²) in [6.07, 6.45) is 0.776. The first-order chi connectivity index (χ1) is 8.54. The van der Waals surface area contributed by atoms with Crippen LogP contribution < -0.4 is 11.1 Å². The number of carbonyl (C=O) groups is 3. The number of nitrogens with zero attached hydrogens (tertiary/aromatic N) is 1. The summed E-state index contributed by atoms with van der Waals surface area (Å²) in [6, 6.07) is 0. The van der Waals surface area contributed by atoms with E-state index in [9.17, 15) is 14.4 Å². The van der Waals surface area contributed by atoms with Crippen molar-refractivity contribution in [1.82, 2.24) is 10.2 Å². The van der Waals surface area contributed by atoms with Crippen molar-refractivity contribution in [3.05, 3.63) is 10.6 Å². The van der Waals surface area contributed by atoms with Gasteiger partial charge in [0.25, 0.3) is 0 Å². The van der Waals surface area contributed by atoms with Crippen molar-refractivity contribution in [2.45, 2.75) is 18.2 Å². The molecule has 8 heteroatoms. The molecule has 1 saturated heterocycles. The summed E-state index contributed by atoms with van der Waals surface area (Å²) in [5, 5.41) is 11.6. The Labute approximate surface area is 107 Å². The summed E-state index contributed by atoms with van der Waals surface area (Å²) in [6.45, 7) is 0.231. The van der Waals surface area contributed by atoms with E-state index in [1.165, 1.54) is 16.7 Å². The van der Waals surface area contributed by atoms with Crippen LogP contribution in [0, 0.1) is 0 Å². The molecule has 1 atom stereocenters. The van der Waals surface area contributed by atoms with Crippen LogP contribution in [0.3, 0.4) is 0 Å². The zero-order valence-electron chi connectivity index (χ0n) is 9.51. The third-order valence-corrected chi connectivity index (χ3v) is 4.08. The summed E-state index contributed by atoms with van der Waals surface area (Å²) in [5.74, 6) is -1.54. The maximum Gasteiger partial charge on any atom is 0.353 e. The van der Waals surface area contributed by atoms with Gasteiger partial charge in [-0.3, -0.25) is 14.5 Å². The number of hydrogen-bond acceptors (Lipinski definition) is 5. The van der Waals surface area contributed by atoms with Gasteiger partial charge in [-0.2, -0.15) is 0 Å². The molecule has 0 spiro atoms. The van der Waals surface area contributed by atoms with Crippen LogP contribution in [0.4, 0.5) is 0 Å². The van der Waals surface area contributed by atoms with Crippen molar-refractivity contribution in [1.29, 1.82) is 0 Å². The van der Waals surface area contributed by atoms with Crippen molar-refractivity contribution in [3.8, 4) is 0 Å². The molecule has 98 valence electrons. The van der Waals surface area contributed by atoms with Gasteiger partial charge in [0.15, 0.2) is 0 Å². The number of carbonyl (C=O) groups excluding carboxylic acids is 2. The van der Waals surface area contributed by atoms with Gasteiger partial charge in [-0.25, -0.2) is 4.79 Å². The second-order valence-corrected chi connectivity index (χ2v) is 5.19. The van der Waals surface area contributed by atoms with Crippen LogP contribution >= 0.6 is 11.8 Å². The number of nitrogens with two attached hydrogens (primary N) is 1. The zero-order chi connectivity index (χ0) is 13.3. The second kappa shape index (κ2) is 4.99. The van der Waals surface area contributed by atoms with Crippen molar-refractivity contribution in [2.75, 3.05) is 13.1 Å². The fourth-order valence-electron chi connectivity index (χ4n) is 1.89. The Morgan fingerprint density at radius 1 is 1.56 bits per heavy atom. The molecule has 18 heavy (non-hydrogen) atoms. The van der Waals surface area contributed by atoms with Gasteiger partial charge in [0.05, 0.1) is 18.3 Å². The largest absolute Gasteiger partial charge is 0.477 e. The Morgan fingerprint density at radius 3 is 2.83 bits per heavy atom. The highest BCUT2D eigenvalue weighted by Gasteiger charge is 2.47. The minimum absolute atomic E-state index is 0.0586. The lowest BCUT2D eigenvalue weighted by atomic mass is 10.1. The zero-order valence-corrected chi connectivity index (χ0v) is 10.3. The number of hydrogen-bond donors (Lipinski definition) is 3. The molecule has 0 radical (unpaired) electrons. The maximum atomic E-state index is 11.3. The van der Waals surface area contributed by atoms with Gasteiger partial charge in [-0.05, 0) is 6.42 Å². The molecule has 0 aliphatic carbocycles. The van der Waals surface area contributed by atoms with Crippen LogP contribution in [0.2, 0.25) is 0 Å². The third-order valence-electron chi connectivity index (χ3n) is 2.75. The van der Waals surface area contributed by atoms with Crippen molar-refractivity contribution in [3.63, 3.8) is 0 Å². The molecule has 2 rings (SSSR count). The van der Waals surface area contributed by atoms with Gasteiger partial charge in [-0.1, -0.05) is 0 Å². The molecule has 0 unspecified atom stereocenters. The third kappa shape index (κ3) is 2.21. The number of thioether (sulfide) groups is 1. The minimum Gasteiger partial charge on any atom is -0.477 e. The topological polar surface area (TPSA) is 113 Å². The van der Waals surface area contributed by atoms with Crippen LogP contribution in [0.1, 0.15) is 12.8 Å². The lowest BCUT2D eigenvalue weighted by molar-refractivity contribution is -0.145. The molecule has 2 aliphatic rings. The van der Waals surface area contributed by atoms with E-state index in [2.05, 4.69) is 5.32 Å². The first-order valence-electron chi connectivity index (χ1n) is 5.46. The van der Waals surface area contributed by atoms with E-state index in [-0.39, 0.29) is 29.4 Å². The highest BCUT2D eigenvalue weighted by Crippen LogP contribution is 2.47. The molecule has 7 nitrogen and oxygen atoms in total.